The monoisotopic (exact) mass is 225 g/mol. The van der Waals surface area contributed by atoms with Crippen LogP contribution in [-0.2, 0) is 16.1 Å². The molecular weight excluding hydrogens is 206 g/mol. The van der Waals surface area contributed by atoms with Crippen LogP contribution in [0.1, 0.15) is 25.8 Å². The fraction of sp³-hybridized carbons (Fsp3) is 0.583. The lowest BCUT2D eigenvalue weighted by Crippen LogP contribution is -2.38. The van der Waals surface area contributed by atoms with E-state index < -0.39 is 0 Å². The van der Waals surface area contributed by atoms with Crippen LogP contribution in [0, 0.1) is 5.92 Å². The highest BCUT2D eigenvalue weighted by molar-refractivity contribution is 5.75. The zero-order valence-electron chi connectivity index (χ0n) is 10.0. The third kappa shape index (κ3) is 4.06. The van der Waals surface area contributed by atoms with E-state index in [1.165, 1.54) is 7.11 Å². The molecule has 1 unspecified atom stereocenters. The number of nitrogens with one attached hydrogen (secondary N) is 1. The largest absolute Gasteiger partial charge is 0.472 e. The fourth-order valence-corrected chi connectivity index (χ4v) is 1.51. The summed E-state index contributed by atoms with van der Waals surface area (Å²) in [5.74, 6) is 0.234. The summed E-state index contributed by atoms with van der Waals surface area (Å²) < 4.78 is 9.72. The Labute approximate surface area is 96.0 Å². The molecule has 16 heavy (non-hydrogen) atoms. The van der Waals surface area contributed by atoms with E-state index in [-0.39, 0.29) is 12.0 Å². The molecular formula is C12H19NO3. The van der Waals surface area contributed by atoms with Crippen molar-refractivity contribution in [1.29, 1.82) is 0 Å². The normalized spacial score (nSPS) is 12.8. The van der Waals surface area contributed by atoms with Crippen molar-refractivity contribution in [3.8, 4) is 0 Å². The van der Waals surface area contributed by atoms with E-state index in [4.69, 9.17) is 9.15 Å². The van der Waals surface area contributed by atoms with Crippen molar-refractivity contribution < 1.29 is 13.9 Å². The number of rotatable bonds is 6. The minimum Gasteiger partial charge on any atom is -0.472 e. The van der Waals surface area contributed by atoms with Gasteiger partial charge in [-0.3, -0.25) is 4.79 Å². The van der Waals surface area contributed by atoms with Crippen LogP contribution in [0.4, 0.5) is 0 Å². The Morgan fingerprint density at radius 3 is 2.81 bits per heavy atom. The molecule has 0 aliphatic rings. The van der Waals surface area contributed by atoms with Gasteiger partial charge in [0.15, 0.2) is 0 Å². The van der Waals surface area contributed by atoms with Gasteiger partial charge in [0.1, 0.15) is 6.04 Å². The van der Waals surface area contributed by atoms with E-state index in [9.17, 15) is 4.79 Å². The molecule has 4 nitrogen and oxygen atoms in total. The molecule has 0 saturated heterocycles. The molecule has 1 aromatic rings. The van der Waals surface area contributed by atoms with Crippen LogP contribution in [0.15, 0.2) is 23.0 Å². The minimum atomic E-state index is -0.250. The molecule has 1 aromatic heterocycles. The number of furan rings is 1. The molecule has 0 fully saturated rings. The fourth-order valence-electron chi connectivity index (χ4n) is 1.51. The van der Waals surface area contributed by atoms with Gasteiger partial charge in [0.25, 0.3) is 0 Å². The highest BCUT2D eigenvalue weighted by Gasteiger charge is 2.19. The Balaban J connectivity index is 2.46. The quantitative estimate of drug-likeness (QED) is 0.752. The van der Waals surface area contributed by atoms with Gasteiger partial charge < -0.3 is 14.5 Å². The van der Waals surface area contributed by atoms with Crippen molar-refractivity contribution in [3.63, 3.8) is 0 Å². The van der Waals surface area contributed by atoms with Gasteiger partial charge in [-0.1, -0.05) is 13.8 Å². The Kier molecular flexibility index (Phi) is 5.05. The number of carbonyl (C=O) groups is 1. The molecule has 0 aromatic carbocycles. The highest BCUT2D eigenvalue weighted by Crippen LogP contribution is 2.08. The highest BCUT2D eigenvalue weighted by atomic mass is 16.5. The van der Waals surface area contributed by atoms with Crippen LogP contribution in [0.5, 0.6) is 0 Å². The minimum absolute atomic E-state index is 0.211. The van der Waals surface area contributed by atoms with Gasteiger partial charge in [-0.05, 0) is 18.4 Å². The van der Waals surface area contributed by atoms with Crippen molar-refractivity contribution in [1.82, 2.24) is 5.32 Å². The second-order valence-corrected chi connectivity index (χ2v) is 4.22. The molecule has 0 aliphatic carbocycles. The molecule has 1 rings (SSSR count). The maximum atomic E-state index is 11.5. The molecule has 0 saturated carbocycles. The van der Waals surface area contributed by atoms with Gasteiger partial charge in [-0.2, -0.15) is 0 Å². The molecule has 0 spiro atoms. The first-order valence-corrected chi connectivity index (χ1v) is 5.45. The Hall–Kier alpha value is -1.29. The van der Waals surface area contributed by atoms with Gasteiger partial charge in [0.05, 0.1) is 19.6 Å². The SMILES string of the molecule is COC(=O)C(CC(C)C)NCc1ccoc1. The summed E-state index contributed by atoms with van der Waals surface area (Å²) in [7, 11) is 1.41. The zero-order chi connectivity index (χ0) is 12.0. The average molecular weight is 225 g/mol. The summed E-state index contributed by atoms with van der Waals surface area (Å²) in [5, 5.41) is 3.17. The lowest BCUT2D eigenvalue weighted by atomic mass is 10.0. The van der Waals surface area contributed by atoms with Crippen molar-refractivity contribution in [2.75, 3.05) is 7.11 Å². The van der Waals surface area contributed by atoms with Gasteiger partial charge in [0.2, 0.25) is 0 Å². The van der Waals surface area contributed by atoms with Crippen LogP contribution >= 0.6 is 0 Å². The van der Waals surface area contributed by atoms with E-state index in [1.54, 1.807) is 12.5 Å². The Morgan fingerprint density at radius 1 is 1.56 bits per heavy atom. The summed E-state index contributed by atoms with van der Waals surface area (Å²) in [6.45, 7) is 4.77. The number of carbonyl (C=O) groups excluding carboxylic acids is 1. The molecule has 1 N–H and O–H groups in total. The lowest BCUT2D eigenvalue weighted by Gasteiger charge is -2.17. The number of ether oxygens (including phenoxy) is 1. The van der Waals surface area contributed by atoms with Gasteiger partial charge >= 0.3 is 5.97 Å². The van der Waals surface area contributed by atoms with Crippen molar-refractivity contribution in [2.45, 2.75) is 32.9 Å². The van der Waals surface area contributed by atoms with Crippen molar-refractivity contribution in [3.05, 3.63) is 24.2 Å². The maximum Gasteiger partial charge on any atom is 0.322 e. The standard InChI is InChI=1S/C12H19NO3/c1-9(2)6-11(12(14)15-3)13-7-10-4-5-16-8-10/h4-5,8-9,11,13H,6-7H2,1-3H3. The molecule has 0 radical (unpaired) electrons. The predicted octanol–water partition coefficient (Wildman–Crippen LogP) is 1.96. The Morgan fingerprint density at radius 2 is 2.31 bits per heavy atom. The summed E-state index contributed by atoms with van der Waals surface area (Å²) in [6, 6.07) is 1.62. The third-order valence-electron chi connectivity index (χ3n) is 2.33. The molecule has 4 heteroatoms. The van der Waals surface area contributed by atoms with Gasteiger partial charge in [0, 0.05) is 12.1 Å². The maximum absolute atomic E-state index is 11.5. The van der Waals surface area contributed by atoms with E-state index in [2.05, 4.69) is 19.2 Å². The molecule has 1 atom stereocenters. The number of hydrogen-bond donors (Lipinski definition) is 1. The lowest BCUT2D eigenvalue weighted by molar-refractivity contribution is -0.143. The van der Waals surface area contributed by atoms with Crippen LogP contribution in [0.2, 0.25) is 0 Å². The first-order valence-electron chi connectivity index (χ1n) is 5.45. The van der Waals surface area contributed by atoms with Crippen LogP contribution in [0.3, 0.4) is 0 Å². The van der Waals surface area contributed by atoms with Gasteiger partial charge in [-0.25, -0.2) is 0 Å². The molecule has 0 bridgehead atoms. The first kappa shape index (κ1) is 12.8. The molecule has 0 amide bonds. The van der Waals surface area contributed by atoms with E-state index in [1.807, 2.05) is 6.07 Å². The smallest absolute Gasteiger partial charge is 0.322 e. The summed E-state index contributed by atoms with van der Waals surface area (Å²) in [5.41, 5.74) is 1.03. The first-order chi connectivity index (χ1) is 7.63. The van der Waals surface area contributed by atoms with E-state index in [0.29, 0.717) is 12.5 Å². The molecule has 0 aliphatic heterocycles. The zero-order valence-corrected chi connectivity index (χ0v) is 10.0. The predicted molar refractivity (Wildman–Crippen MR) is 60.8 cm³/mol. The second kappa shape index (κ2) is 6.33. The summed E-state index contributed by atoms with van der Waals surface area (Å²) in [4.78, 5) is 11.5. The van der Waals surface area contributed by atoms with Gasteiger partial charge in [-0.15, -0.1) is 0 Å². The van der Waals surface area contributed by atoms with Crippen LogP contribution in [-0.4, -0.2) is 19.1 Å². The number of hydrogen-bond acceptors (Lipinski definition) is 4. The van der Waals surface area contributed by atoms with Crippen LogP contribution in [0.25, 0.3) is 0 Å². The number of methoxy groups -OCH3 is 1. The van der Waals surface area contributed by atoms with E-state index in [0.717, 1.165) is 12.0 Å². The van der Waals surface area contributed by atoms with Crippen molar-refractivity contribution >= 4 is 5.97 Å². The molecule has 90 valence electrons. The average Bonchev–Trinajstić information content (AvgIpc) is 2.75. The Bertz CT molecular complexity index is 306. The van der Waals surface area contributed by atoms with E-state index >= 15 is 0 Å². The van der Waals surface area contributed by atoms with Crippen LogP contribution < -0.4 is 5.32 Å². The molecule has 1 heterocycles. The van der Waals surface area contributed by atoms with Crippen molar-refractivity contribution in [2.24, 2.45) is 5.92 Å². The summed E-state index contributed by atoms with van der Waals surface area (Å²) in [6.07, 6.45) is 4.05. The topological polar surface area (TPSA) is 51.5 Å². The number of esters is 1. The third-order valence-corrected chi connectivity index (χ3v) is 2.33. The second-order valence-electron chi connectivity index (χ2n) is 4.22. The summed E-state index contributed by atoms with van der Waals surface area (Å²) >= 11 is 0.